The average Bonchev–Trinajstić information content (AvgIpc) is 3.44. The van der Waals surface area contributed by atoms with Gasteiger partial charge in [-0.2, -0.15) is 0 Å². The first-order valence-corrected chi connectivity index (χ1v) is 12.2. The van der Waals surface area contributed by atoms with Crippen molar-refractivity contribution in [1.29, 1.82) is 0 Å². The molecule has 6 heteroatoms. The fourth-order valence-electron chi connectivity index (χ4n) is 4.87. The summed E-state index contributed by atoms with van der Waals surface area (Å²) in [4.78, 5) is 19.8. The number of carbonyl (C=O) groups is 1. The predicted molar refractivity (Wildman–Crippen MR) is 138 cm³/mol. The minimum Gasteiger partial charge on any atom is -0.495 e. The summed E-state index contributed by atoms with van der Waals surface area (Å²) in [5, 5.41) is 0. The zero-order chi connectivity index (χ0) is 24.2. The maximum absolute atomic E-state index is 13.0. The monoisotopic (exact) mass is 469 g/mol. The van der Waals surface area contributed by atoms with Crippen molar-refractivity contribution in [3.05, 3.63) is 84.2 Å². The number of imidazole rings is 1. The zero-order valence-corrected chi connectivity index (χ0v) is 20.3. The molecule has 6 nitrogen and oxygen atoms in total. The number of rotatable bonds is 9. The number of carbonyl (C=O) groups excluding carboxylic acids is 1. The predicted octanol–water partition coefficient (Wildman–Crippen LogP) is 5.73. The van der Waals surface area contributed by atoms with Gasteiger partial charge in [0, 0.05) is 25.4 Å². The van der Waals surface area contributed by atoms with Crippen LogP contribution in [0.3, 0.4) is 0 Å². The number of benzene rings is 3. The number of nitrogens with zero attached hydrogens (tertiary/aromatic N) is 3. The SMILES string of the molecule is COc1ccccc1N1C[C@@H](c2nc3ccccc3n2CCCCOc2cccc(C)c2)CC1=O. The highest BCUT2D eigenvalue weighted by Gasteiger charge is 2.35. The third-order valence-corrected chi connectivity index (χ3v) is 6.58. The maximum atomic E-state index is 13.0. The number of hydrogen-bond donors (Lipinski definition) is 0. The number of para-hydroxylation sites is 4. The van der Waals surface area contributed by atoms with E-state index in [0.29, 0.717) is 25.3 Å². The lowest BCUT2D eigenvalue weighted by Crippen LogP contribution is -2.25. The van der Waals surface area contributed by atoms with Gasteiger partial charge < -0.3 is 18.9 Å². The van der Waals surface area contributed by atoms with Crippen LogP contribution in [0, 0.1) is 6.92 Å². The van der Waals surface area contributed by atoms with Crippen LogP contribution in [0.5, 0.6) is 11.5 Å². The van der Waals surface area contributed by atoms with Gasteiger partial charge in [0.15, 0.2) is 0 Å². The van der Waals surface area contributed by atoms with Crippen molar-refractivity contribution in [2.75, 3.05) is 25.2 Å². The largest absolute Gasteiger partial charge is 0.495 e. The van der Waals surface area contributed by atoms with E-state index in [-0.39, 0.29) is 11.8 Å². The Balaban J connectivity index is 1.31. The van der Waals surface area contributed by atoms with Crippen LogP contribution in [0.4, 0.5) is 5.69 Å². The van der Waals surface area contributed by atoms with Crippen molar-refractivity contribution in [3.8, 4) is 11.5 Å². The Labute approximate surface area is 206 Å². The standard InChI is InChI=1S/C29H31N3O3/c1-21-10-9-11-23(18-21)35-17-8-7-16-31-25-13-4-3-12-24(25)30-29(31)22-19-28(33)32(20-22)26-14-5-6-15-27(26)34-2/h3-6,9-15,18,22H,7-8,16-17,19-20H2,1-2H3/t22-/m0/s1. The van der Waals surface area contributed by atoms with E-state index in [4.69, 9.17) is 14.5 Å². The molecule has 3 aromatic carbocycles. The number of hydrogen-bond acceptors (Lipinski definition) is 4. The number of ether oxygens (including phenoxy) is 2. The van der Waals surface area contributed by atoms with Crippen molar-refractivity contribution >= 4 is 22.6 Å². The van der Waals surface area contributed by atoms with Gasteiger partial charge in [0.05, 0.1) is 30.4 Å². The summed E-state index contributed by atoms with van der Waals surface area (Å²) >= 11 is 0. The molecule has 1 saturated heterocycles. The average molecular weight is 470 g/mol. The van der Waals surface area contributed by atoms with Crippen LogP contribution in [0.15, 0.2) is 72.8 Å². The quantitative estimate of drug-likeness (QED) is 0.294. The lowest BCUT2D eigenvalue weighted by atomic mass is 10.1. The molecular formula is C29H31N3O3. The summed E-state index contributed by atoms with van der Waals surface area (Å²) in [6.07, 6.45) is 2.35. The zero-order valence-electron chi connectivity index (χ0n) is 20.3. The molecule has 35 heavy (non-hydrogen) atoms. The van der Waals surface area contributed by atoms with Crippen LogP contribution >= 0.6 is 0 Å². The molecule has 0 unspecified atom stereocenters. The van der Waals surface area contributed by atoms with Gasteiger partial charge >= 0.3 is 0 Å². The number of aromatic nitrogens is 2. The van der Waals surface area contributed by atoms with Crippen LogP contribution in [-0.2, 0) is 11.3 Å². The lowest BCUT2D eigenvalue weighted by Gasteiger charge is -2.19. The molecule has 5 rings (SSSR count). The minimum atomic E-state index is 0.0309. The Kier molecular flexibility index (Phi) is 6.70. The van der Waals surface area contributed by atoms with Crippen molar-refractivity contribution in [3.63, 3.8) is 0 Å². The second-order valence-electron chi connectivity index (χ2n) is 9.06. The van der Waals surface area contributed by atoms with Crippen molar-refractivity contribution in [2.45, 2.75) is 38.6 Å². The molecule has 4 aromatic rings. The molecule has 0 N–H and O–H groups in total. The van der Waals surface area contributed by atoms with Gasteiger partial charge in [-0.25, -0.2) is 4.98 Å². The van der Waals surface area contributed by atoms with E-state index in [9.17, 15) is 4.79 Å². The van der Waals surface area contributed by atoms with Gasteiger partial charge in [0.25, 0.3) is 0 Å². The van der Waals surface area contributed by atoms with E-state index < -0.39 is 0 Å². The van der Waals surface area contributed by atoms with E-state index in [1.807, 2.05) is 59.5 Å². The molecule has 1 aliphatic heterocycles. The van der Waals surface area contributed by atoms with E-state index in [2.05, 4.69) is 29.7 Å². The number of amides is 1. The van der Waals surface area contributed by atoms with Gasteiger partial charge in [-0.1, -0.05) is 36.4 Å². The molecule has 0 radical (unpaired) electrons. The highest BCUT2D eigenvalue weighted by Crippen LogP contribution is 2.37. The first-order valence-electron chi connectivity index (χ1n) is 12.2. The number of anilines is 1. The van der Waals surface area contributed by atoms with Gasteiger partial charge in [0.1, 0.15) is 17.3 Å². The summed E-state index contributed by atoms with van der Waals surface area (Å²) in [6, 6.07) is 24.1. The number of unbranched alkanes of at least 4 members (excludes halogenated alkanes) is 1. The van der Waals surface area contributed by atoms with E-state index in [1.54, 1.807) is 7.11 Å². The molecule has 1 amide bonds. The van der Waals surface area contributed by atoms with Crippen molar-refractivity contribution in [2.24, 2.45) is 0 Å². The van der Waals surface area contributed by atoms with Crippen LogP contribution in [-0.4, -0.2) is 35.7 Å². The minimum absolute atomic E-state index is 0.0309. The van der Waals surface area contributed by atoms with Gasteiger partial charge in [0.2, 0.25) is 5.91 Å². The van der Waals surface area contributed by atoms with E-state index in [0.717, 1.165) is 47.7 Å². The van der Waals surface area contributed by atoms with Crippen molar-refractivity contribution < 1.29 is 14.3 Å². The number of methoxy groups -OCH3 is 1. The van der Waals surface area contributed by atoms with E-state index in [1.165, 1.54) is 5.56 Å². The summed E-state index contributed by atoms with van der Waals surface area (Å²) in [7, 11) is 1.64. The van der Waals surface area contributed by atoms with Crippen molar-refractivity contribution in [1.82, 2.24) is 9.55 Å². The Morgan fingerprint density at radius 3 is 2.69 bits per heavy atom. The normalized spacial score (nSPS) is 15.7. The Morgan fingerprint density at radius 1 is 1.00 bits per heavy atom. The molecule has 1 aromatic heterocycles. The Bertz CT molecular complexity index is 1330. The highest BCUT2D eigenvalue weighted by molar-refractivity contribution is 5.97. The molecule has 1 fully saturated rings. The topological polar surface area (TPSA) is 56.6 Å². The first kappa shape index (κ1) is 23.0. The van der Waals surface area contributed by atoms with Crippen LogP contribution in [0.25, 0.3) is 11.0 Å². The summed E-state index contributed by atoms with van der Waals surface area (Å²) < 4.78 is 13.7. The summed E-state index contributed by atoms with van der Waals surface area (Å²) in [5.41, 5.74) is 4.11. The molecule has 1 atom stereocenters. The smallest absolute Gasteiger partial charge is 0.227 e. The maximum Gasteiger partial charge on any atom is 0.227 e. The van der Waals surface area contributed by atoms with Gasteiger partial charge in [-0.3, -0.25) is 4.79 Å². The molecule has 0 aliphatic carbocycles. The van der Waals surface area contributed by atoms with Crippen LogP contribution in [0.2, 0.25) is 0 Å². The highest BCUT2D eigenvalue weighted by atomic mass is 16.5. The molecule has 0 spiro atoms. The summed E-state index contributed by atoms with van der Waals surface area (Å²) in [6.45, 7) is 4.18. The number of aryl methyl sites for hydroxylation is 2. The second kappa shape index (κ2) is 10.2. The first-order chi connectivity index (χ1) is 17.1. The Hall–Kier alpha value is -3.80. The third kappa shape index (κ3) is 4.87. The molecule has 180 valence electrons. The lowest BCUT2D eigenvalue weighted by molar-refractivity contribution is -0.117. The van der Waals surface area contributed by atoms with E-state index >= 15 is 0 Å². The number of fused-ring (bicyclic) bond motifs is 1. The van der Waals surface area contributed by atoms with Crippen LogP contribution < -0.4 is 14.4 Å². The van der Waals surface area contributed by atoms with Gasteiger partial charge in [-0.15, -0.1) is 0 Å². The fourth-order valence-corrected chi connectivity index (χ4v) is 4.87. The molecule has 0 bridgehead atoms. The summed E-state index contributed by atoms with van der Waals surface area (Å²) in [5.74, 6) is 2.74. The van der Waals surface area contributed by atoms with Gasteiger partial charge in [-0.05, 0) is 61.7 Å². The molecule has 2 heterocycles. The molecule has 1 aliphatic rings. The fraction of sp³-hybridized carbons (Fsp3) is 0.310. The Morgan fingerprint density at radius 2 is 1.83 bits per heavy atom. The second-order valence-corrected chi connectivity index (χ2v) is 9.06. The molecule has 0 saturated carbocycles. The van der Waals surface area contributed by atoms with Crippen LogP contribution in [0.1, 0.15) is 36.6 Å². The third-order valence-electron chi connectivity index (χ3n) is 6.58. The molecular weight excluding hydrogens is 438 g/mol.